The summed E-state index contributed by atoms with van der Waals surface area (Å²) >= 11 is 5.38. The zero-order valence-electron chi connectivity index (χ0n) is 7.84. The van der Waals surface area contributed by atoms with Crippen molar-refractivity contribution in [3.63, 3.8) is 0 Å². The first-order valence-corrected chi connectivity index (χ1v) is 5.01. The molecular weight excluding hydrogens is 216 g/mol. The van der Waals surface area contributed by atoms with Crippen molar-refractivity contribution < 1.29 is 9.59 Å². The standard InChI is InChI=1S/C10H9ClN2O2/c11-4-8(14)13-7-3-1-2-6-5-12-10(15)9(6)7/h1-3H,4-5H2,(H,12,15)(H,13,14). The van der Waals surface area contributed by atoms with Crippen LogP contribution in [0.1, 0.15) is 15.9 Å². The Balaban J connectivity index is 2.36. The number of hydrogen-bond donors (Lipinski definition) is 2. The fourth-order valence-corrected chi connectivity index (χ4v) is 1.63. The van der Waals surface area contributed by atoms with Gasteiger partial charge in [0.05, 0.1) is 11.3 Å². The summed E-state index contributed by atoms with van der Waals surface area (Å²) in [7, 11) is 0. The van der Waals surface area contributed by atoms with Crippen LogP contribution in [0.2, 0.25) is 0 Å². The van der Waals surface area contributed by atoms with Crippen LogP contribution in [0.4, 0.5) is 5.69 Å². The Bertz CT molecular complexity index is 431. The van der Waals surface area contributed by atoms with Crippen molar-refractivity contribution in [2.45, 2.75) is 6.54 Å². The van der Waals surface area contributed by atoms with E-state index < -0.39 is 0 Å². The topological polar surface area (TPSA) is 58.2 Å². The Morgan fingerprint density at radius 3 is 3.07 bits per heavy atom. The van der Waals surface area contributed by atoms with E-state index in [1.807, 2.05) is 6.07 Å². The third-order valence-corrected chi connectivity index (χ3v) is 2.46. The molecule has 2 N–H and O–H groups in total. The maximum Gasteiger partial charge on any atom is 0.254 e. The highest BCUT2D eigenvalue weighted by molar-refractivity contribution is 6.29. The van der Waals surface area contributed by atoms with Crippen LogP contribution in [-0.2, 0) is 11.3 Å². The Hall–Kier alpha value is -1.55. The molecule has 78 valence electrons. The van der Waals surface area contributed by atoms with Gasteiger partial charge in [0.1, 0.15) is 5.88 Å². The zero-order valence-corrected chi connectivity index (χ0v) is 8.60. The van der Waals surface area contributed by atoms with Crippen LogP contribution in [0.15, 0.2) is 18.2 Å². The molecule has 0 spiro atoms. The minimum atomic E-state index is -0.315. The largest absolute Gasteiger partial charge is 0.348 e. The minimum Gasteiger partial charge on any atom is -0.348 e. The second kappa shape index (κ2) is 3.90. The molecule has 0 radical (unpaired) electrons. The monoisotopic (exact) mass is 224 g/mol. The van der Waals surface area contributed by atoms with Gasteiger partial charge >= 0.3 is 0 Å². The smallest absolute Gasteiger partial charge is 0.254 e. The lowest BCUT2D eigenvalue weighted by molar-refractivity contribution is -0.113. The molecule has 1 aliphatic rings. The van der Waals surface area contributed by atoms with E-state index in [9.17, 15) is 9.59 Å². The average molecular weight is 225 g/mol. The number of carbonyl (C=O) groups is 2. The molecule has 0 unspecified atom stereocenters. The summed E-state index contributed by atoms with van der Waals surface area (Å²) in [5, 5.41) is 5.28. The molecule has 1 aliphatic heterocycles. The summed E-state index contributed by atoms with van der Waals surface area (Å²) in [5.74, 6) is -0.592. The molecule has 0 bridgehead atoms. The molecule has 5 heteroatoms. The third kappa shape index (κ3) is 1.80. The summed E-state index contributed by atoms with van der Waals surface area (Å²) in [6.07, 6.45) is 0. The molecule has 0 aliphatic carbocycles. The van der Waals surface area contributed by atoms with Gasteiger partial charge in [-0.15, -0.1) is 11.6 Å². The van der Waals surface area contributed by atoms with E-state index in [0.717, 1.165) is 5.56 Å². The van der Waals surface area contributed by atoms with Crippen molar-refractivity contribution in [2.24, 2.45) is 0 Å². The van der Waals surface area contributed by atoms with Crippen LogP contribution < -0.4 is 10.6 Å². The van der Waals surface area contributed by atoms with Crippen LogP contribution in [0.3, 0.4) is 0 Å². The number of benzene rings is 1. The summed E-state index contributed by atoms with van der Waals surface area (Å²) < 4.78 is 0. The molecule has 0 aromatic heterocycles. The van der Waals surface area contributed by atoms with Gasteiger partial charge in [-0.2, -0.15) is 0 Å². The molecule has 4 nitrogen and oxygen atoms in total. The van der Waals surface area contributed by atoms with E-state index in [-0.39, 0.29) is 17.7 Å². The summed E-state index contributed by atoms with van der Waals surface area (Å²) in [6.45, 7) is 0.513. The number of hydrogen-bond acceptors (Lipinski definition) is 2. The van der Waals surface area contributed by atoms with Crippen LogP contribution >= 0.6 is 11.6 Å². The second-order valence-corrected chi connectivity index (χ2v) is 3.47. The van der Waals surface area contributed by atoms with Gasteiger partial charge in [-0.05, 0) is 11.6 Å². The predicted molar refractivity (Wildman–Crippen MR) is 57.0 cm³/mol. The Kier molecular flexibility index (Phi) is 2.60. The number of carbonyl (C=O) groups excluding carboxylic acids is 2. The van der Waals surface area contributed by atoms with Gasteiger partial charge in [0.2, 0.25) is 5.91 Å². The van der Waals surface area contributed by atoms with Gasteiger partial charge in [-0.3, -0.25) is 9.59 Å². The number of nitrogens with one attached hydrogen (secondary N) is 2. The van der Waals surface area contributed by atoms with Gasteiger partial charge in [0.15, 0.2) is 0 Å². The number of alkyl halides is 1. The lowest BCUT2D eigenvalue weighted by Crippen LogP contribution is -2.17. The third-order valence-electron chi connectivity index (χ3n) is 2.21. The van der Waals surface area contributed by atoms with E-state index >= 15 is 0 Å². The zero-order chi connectivity index (χ0) is 10.8. The molecule has 2 rings (SSSR count). The van der Waals surface area contributed by atoms with Gasteiger partial charge in [-0.25, -0.2) is 0 Å². The van der Waals surface area contributed by atoms with Crippen molar-refractivity contribution in [3.8, 4) is 0 Å². The van der Waals surface area contributed by atoms with Crippen molar-refractivity contribution in [1.29, 1.82) is 0 Å². The van der Waals surface area contributed by atoms with E-state index in [0.29, 0.717) is 17.8 Å². The Morgan fingerprint density at radius 1 is 1.53 bits per heavy atom. The quantitative estimate of drug-likeness (QED) is 0.740. The summed E-state index contributed by atoms with van der Waals surface area (Å²) in [6, 6.07) is 5.33. The highest BCUT2D eigenvalue weighted by Gasteiger charge is 2.22. The fraction of sp³-hybridized carbons (Fsp3) is 0.200. The van der Waals surface area contributed by atoms with Crippen molar-refractivity contribution in [2.75, 3.05) is 11.2 Å². The normalized spacial score (nSPS) is 13.3. The summed E-state index contributed by atoms with van der Waals surface area (Å²) in [5.41, 5.74) is 1.96. The van der Waals surface area contributed by atoms with Gasteiger partial charge in [-0.1, -0.05) is 12.1 Å². The second-order valence-electron chi connectivity index (χ2n) is 3.20. The SMILES string of the molecule is O=C(CCl)Nc1cccc2c1C(=O)NC2. The highest BCUT2D eigenvalue weighted by Crippen LogP contribution is 2.23. The van der Waals surface area contributed by atoms with Gasteiger partial charge in [0, 0.05) is 6.54 Å². The highest BCUT2D eigenvalue weighted by atomic mass is 35.5. The van der Waals surface area contributed by atoms with E-state index in [1.54, 1.807) is 12.1 Å². The van der Waals surface area contributed by atoms with E-state index in [4.69, 9.17) is 11.6 Å². The Labute approximate surface area is 91.6 Å². The lowest BCUT2D eigenvalue weighted by Gasteiger charge is -2.06. The first kappa shape index (κ1) is 9.98. The van der Waals surface area contributed by atoms with E-state index in [1.165, 1.54) is 0 Å². The number of halogens is 1. The van der Waals surface area contributed by atoms with Gasteiger partial charge < -0.3 is 10.6 Å². The molecule has 0 fully saturated rings. The van der Waals surface area contributed by atoms with Crippen LogP contribution in [0.25, 0.3) is 0 Å². The number of anilines is 1. The maximum absolute atomic E-state index is 11.5. The van der Waals surface area contributed by atoms with Crippen LogP contribution in [0, 0.1) is 0 Å². The lowest BCUT2D eigenvalue weighted by atomic mass is 10.1. The molecule has 1 aromatic rings. The average Bonchev–Trinajstić information content (AvgIpc) is 2.61. The number of fused-ring (bicyclic) bond motifs is 1. The molecule has 15 heavy (non-hydrogen) atoms. The molecule has 0 saturated carbocycles. The molecule has 0 atom stereocenters. The van der Waals surface area contributed by atoms with Gasteiger partial charge in [0.25, 0.3) is 5.91 Å². The van der Waals surface area contributed by atoms with Crippen molar-refractivity contribution >= 4 is 29.1 Å². The predicted octanol–water partition coefficient (Wildman–Crippen LogP) is 1.11. The molecule has 0 saturated heterocycles. The summed E-state index contributed by atoms with van der Waals surface area (Å²) in [4.78, 5) is 22.6. The van der Waals surface area contributed by atoms with Crippen LogP contribution in [0.5, 0.6) is 0 Å². The number of rotatable bonds is 2. The van der Waals surface area contributed by atoms with Crippen molar-refractivity contribution in [3.05, 3.63) is 29.3 Å². The van der Waals surface area contributed by atoms with Crippen molar-refractivity contribution in [1.82, 2.24) is 5.32 Å². The first-order chi connectivity index (χ1) is 7.22. The number of amides is 2. The minimum absolute atomic E-state index is 0.120. The van der Waals surface area contributed by atoms with E-state index in [2.05, 4.69) is 10.6 Å². The first-order valence-electron chi connectivity index (χ1n) is 4.48. The molecule has 2 amide bonds. The molecule has 1 heterocycles. The van der Waals surface area contributed by atoms with Crippen LogP contribution in [-0.4, -0.2) is 17.7 Å². The maximum atomic E-state index is 11.5. The fourth-order valence-electron chi connectivity index (χ4n) is 1.57. The Morgan fingerprint density at radius 2 is 2.33 bits per heavy atom. The molecule has 1 aromatic carbocycles. The molecular formula is C10H9ClN2O2.